The van der Waals surface area contributed by atoms with Gasteiger partial charge in [-0.2, -0.15) is 0 Å². The van der Waals surface area contributed by atoms with Crippen molar-refractivity contribution in [3.8, 4) is 11.1 Å². The van der Waals surface area contributed by atoms with Gasteiger partial charge < -0.3 is 10.1 Å². The Morgan fingerprint density at radius 1 is 1.00 bits per heavy atom. The molecule has 4 aromatic rings. The molecular formula is C25H23ClN2O. The zero-order valence-corrected chi connectivity index (χ0v) is 17.2. The zero-order valence-electron chi connectivity index (χ0n) is 16.5. The number of nitrogens with zero attached hydrogens (tertiary/aromatic N) is 1. The molecule has 5 rings (SSSR count). The molecule has 2 unspecified atom stereocenters. The number of halogens is 1. The van der Waals surface area contributed by atoms with Gasteiger partial charge in [0.25, 0.3) is 0 Å². The number of fused-ring (bicyclic) bond motifs is 1. The van der Waals surface area contributed by atoms with Gasteiger partial charge >= 0.3 is 0 Å². The SMILES string of the molecule is CC(C)(O)c1ccccc1-c1ccc2nc(C3CC3c3ccc(Cl)cc3)[nH]c2c1. The first kappa shape index (κ1) is 18.4. The maximum atomic E-state index is 10.6. The molecule has 0 aliphatic heterocycles. The third-order valence-corrected chi connectivity index (χ3v) is 6.09. The molecule has 3 nitrogen and oxygen atoms in total. The van der Waals surface area contributed by atoms with Gasteiger partial charge in [0.05, 0.1) is 16.6 Å². The third-order valence-electron chi connectivity index (χ3n) is 5.84. The van der Waals surface area contributed by atoms with Gasteiger partial charge in [0.2, 0.25) is 0 Å². The molecule has 4 heteroatoms. The van der Waals surface area contributed by atoms with Gasteiger partial charge in [0.1, 0.15) is 5.82 Å². The first-order chi connectivity index (χ1) is 13.9. The molecule has 0 radical (unpaired) electrons. The molecule has 2 atom stereocenters. The van der Waals surface area contributed by atoms with E-state index in [9.17, 15) is 5.11 Å². The number of rotatable bonds is 4. The predicted octanol–water partition coefficient (Wildman–Crippen LogP) is 6.38. The summed E-state index contributed by atoms with van der Waals surface area (Å²) in [6, 6.07) is 22.4. The maximum Gasteiger partial charge on any atom is 0.110 e. The Hall–Kier alpha value is -2.62. The molecule has 1 aliphatic rings. The predicted molar refractivity (Wildman–Crippen MR) is 118 cm³/mol. The van der Waals surface area contributed by atoms with Crippen LogP contribution in [0.25, 0.3) is 22.2 Å². The summed E-state index contributed by atoms with van der Waals surface area (Å²) in [5, 5.41) is 11.3. The quantitative estimate of drug-likeness (QED) is 0.416. The van der Waals surface area contributed by atoms with Crippen molar-refractivity contribution in [2.75, 3.05) is 0 Å². The van der Waals surface area contributed by atoms with Crippen LogP contribution in [-0.2, 0) is 5.60 Å². The van der Waals surface area contributed by atoms with Crippen LogP contribution in [0.3, 0.4) is 0 Å². The molecule has 29 heavy (non-hydrogen) atoms. The van der Waals surface area contributed by atoms with Gasteiger partial charge in [-0.25, -0.2) is 4.98 Å². The summed E-state index contributed by atoms with van der Waals surface area (Å²) in [7, 11) is 0. The standard InChI is InChI=1S/C25H23ClN2O/c1-25(2,29)21-6-4-3-5-18(21)16-9-12-22-23(13-16)28-24(27-22)20-14-19(20)15-7-10-17(26)11-8-15/h3-13,19-20,29H,14H2,1-2H3,(H,27,28). The van der Waals surface area contributed by atoms with Crippen molar-refractivity contribution < 1.29 is 5.11 Å². The number of aliphatic hydroxyl groups is 1. The minimum atomic E-state index is -0.898. The summed E-state index contributed by atoms with van der Waals surface area (Å²) in [6.07, 6.45) is 1.11. The van der Waals surface area contributed by atoms with E-state index < -0.39 is 5.60 Å². The van der Waals surface area contributed by atoms with Crippen LogP contribution in [0.2, 0.25) is 5.02 Å². The minimum Gasteiger partial charge on any atom is -0.386 e. The Kier molecular flexibility index (Phi) is 4.27. The highest BCUT2D eigenvalue weighted by Gasteiger charge is 2.41. The lowest BCUT2D eigenvalue weighted by Gasteiger charge is -2.21. The van der Waals surface area contributed by atoms with Gasteiger partial charge in [-0.3, -0.25) is 0 Å². The van der Waals surface area contributed by atoms with Gasteiger partial charge in [-0.15, -0.1) is 0 Å². The molecule has 1 fully saturated rings. The number of benzene rings is 3. The van der Waals surface area contributed by atoms with E-state index >= 15 is 0 Å². The zero-order chi connectivity index (χ0) is 20.2. The summed E-state index contributed by atoms with van der Waals surface area (Å²) in [5.74, 6) is 1.98. The molecule has 146 valence electrons. The maximum absolute atomic E-state index is 10.6. The molecule has 0 bridgehead atoms. The first-order valence-corrected chi connectivity index (χ1v) is 10.4. The number of imidazole rings is 1. The van der Waals surface area contributed by atoms with Crippen LogP contribution < -0.4 is 0 Å². The van der Waals surface area contributed by atoms with Crippen LogP contribution in [0.1, 0.15) is 49.1 Å². The Bertz CT molecular complexity index is 1190. The minimum absolute atomic E-state index is 0.427. The summed E-state index contributed by atoms with van der Waals surface area (Å²) < 4.78 is 0. The van der Waals surface area contributed by atoms with Crippen LogP contribution in [-0.4, -0.2) is 15.1 Å². The number of H-pyrrole nitrogens is 1. The van der Waals surface area contributed by atoms with E-state index in [1.807, 2.05) is 44.2 Å². The van der Waals surface area contributed by atoms with Gasteiger partial charge in [0, 0.05) is 10.9 Å². The van der Waals surface area contributed by atoms with Crippen LogP contribution in [0.4, 0.5) is 0 Å². The molecule has 0 saturated heterocycles. The van der Waals surface area contributed by atoms with Crippen molar-refractivity contribution in [1.82, 2.24) is 9.97 Å². The van der Waals surface area contributed by atoms with Crippen molar-refractivity contribution in [2.45, 2.75) is 37.7 Å². The number of aromatic amines is 1. The smallest absolute Gasteiger partial charge is 0.110 e. The summed E-state index contributed by atoms with van der Waals surface area (Å²) >= 11 is 6.01. The number of hydrogen-bond acceptors (Lipinski definition) is 2. The summed E-state index contributed by atoms with van der Waals surface area (Å²) in [5.41, 5.74) is 5.48. The van der Waals surface area contributed by atoms with Gasteiger partial charge in [0.15, 0.2) is 0 Å². The molecule has 2 N–H and O–H groups in total. The Morgan fingerprint density at radius 3 is 2.52 bits per heavy atom. The van der Waals surface area contributed by atoms with Gasteiger partial charge in [-0.1, -0.05) is 54.1 Å². The average Bonchev–Trinajstić information content (AvgIpc) is 3.39. The Labute approximate surface area is 175 Å². The van der Waals surface area contributed by atoms with Crippen molar-refractivity contribution in [1.29, 1.82) is 0 Å². The second-order valence-corrected chi connectivity index (χ2v) is 8.90. The van der Waals surface area contributed by atoms with Crippen molar-refractivity contribution >= 4 is 22.6 Å². The van der Waals surface area contributed by atoms with Crippen molar-refractivity contribution in [3.63, 3.8) is 0 Å². The highest BCUT2D eigenvalue weighted by Crippen LogP contribution is 2.54. The normalized spacial score (nSPS) is 18.9. The highest BCUT2D eigenvalue weighted by molar-refractivity contribution is 6.30. The van der Waals surface area contributed by atoms with Crippen LogP contribution in [0.15, 0.2) is 66.7 Å². The van der Waals surface area contributed by atoms with E-state index in [-0.39, 0.29) is 0 Å². The first-order valence-electron chi connectivity index (χ1n) is 9.97. The molecule has 1 heterocycles. The van der Waals surface area contributed by atoms with E-state index in [2.05, 4.69) is 41.4 Å². The molecular weight excluding hydrogens is 380 g/mol. The molecule has 0 spiro atoms. The molecule has 1 aliphatic carbocycles. The lowest BCUT2D eigenvalue weighted by atomic mass is 9.89. The fraction of sp³-hybridized carbons (Fsp3) is 0.240. The summed E-state index contributed by atoms with van der Waals surface area (Å²) in [4.78, 5) is 8.38. The summed E-state index contributed by atoms with van der Waals surface area (Å²) in [6.45, 7) is 3.64. The molecule has 1 saturated carbocycles. The van der Waals surface area contributed by atoms with Crippen molar-refractivity contribution in [3.05, 3.63) is 88.7 Å². The van der Waals surface area contributed by atoms with E-state index in [0.29, 0.717) is 11.8 Å². The molecule has 0 amide bonds. The fourth-order valence-electron chi connectivity index (χ4n) is 4.22. The molecule has 1 aromatic heterocycles. The van der Waals surface area contributed by atoms with E-state index in [1.54, 1.807) is 0 Å². The lowest BCUT2D eigenvalue weighted by Crippen LogP contribution is -2.16. The topological polar surface area (TPSA) is 48.9 Å². The van der Waals surface area contributed by atoms with Crippen molar-refractivity contribution in [2.24, 2.45) is 0 Å². The lowest BCUT2D eigenvalue weighted by molar-refractivity contribution is 0.0792. The van der Waals surface area contributed by atoms with Crippen LogP contribution >= 0.6 is 11.6 Å². The largest absolute Gasteiger partial charge is 0.386 e. The Balaban J connectivity index is 1.47. The van der Waals surface area contributed by atoms with Gasteiger partial charge in [-0.05, 0) is 72.7 Å². The highest BCUT2D eigenvalue weighted by atomic mass is 35.5. The van der Waals surface area contributed by atoms with Crippen LogP contribution in [0, 0.1) is 0 Å². The number of nitrogens with one attached hydrogen (secondary N) is 1. The second kappa shape index (κ2) is 6.72. The van der Waals surface area contributed by atoms with Crippen LogP contribution in [0.5, 0.6) is 0 Å². The third kappa shape index (κ3) is 3.45. The second-order valence-electron chi connectivity index (χ2n) is 8.46. The number of hydrogen-bond donors (Lipinski definition) is 2. The molecule has 3 aromatic carbocycles. The van der Waals surface area contributed by atoms with E-state index in [0.717, 1.165) is 45.0 Å². The number of aromatic nitrogens is 2. The van der Waals surface area contributed by atoms with E-state index in [1.165, 1.54) is 5.56 Å². The average molecular weight is 403 g/mol. The fourth-order valence-corrected chi connectivity index (χ4v) is 4.34. The van der Waals surface area contributed by atoms with E-state index in [4.69, 9.17) is 16.6 Å². The monoisotopic (exact) mass is 402 g/mol. The Morgan fingerprint density at radius 2 is 1.76 bits per heavy atom.